The second kappa shape index (κ2) is 8.42. The van der Waals surface area contributed by atoms with Gasteiger partial charge in [0, 0.05) is 22.5 Å². The number of benzene rings is 2. The second-order valence-corrected chi connectivity index (χ2v) is 6.02. The van der Waals surface area contributed by atoms with Crippen molar-refractivity contribution in [1.82, 2.24) is 4.98 Å². The zero-order valence-corrected chi connectivity index (χ0v) is 15.6. The highest BCUT2D eigenvalue weighted by atomic mass is 35.5. The van der Waals surface area contributed by atoms with E-state index in [4.69, 9.17) is 21.1 Å². The van der Waals surface area contributed by atoms with Crippen molar-refractivity contribution in [2.45, 2.75) is 0 Å². The summed E-state index contributed by atoms with van der Waals surface area (Å²) in [6, 6.07) is 15.8. The van der Waals surface area contributed by atoms with Crippen molar-refractivity contribution >= 4 is 34.6 Å². The van der Waals surface area contributed by atoms with Gasteiger partial charge in [-0.05, 0) is 48.5 Å². The molecule has 0 radical (unpaired) electrons. The largest absolute Gasteiger partial charge is 0.493 e. The molecule has 3 rings (SSSR count). The molecule has 1 amide bonds. The number of methoxy groups -OCH3 is 2. The predicted octanol–water partition coefficient (Wildman–Crippen LogP) is 4.75. The first-order valence-corrected chi connectivity index (χ1v) is 8.49. The van der Waals surface area contributed by atoms with Gasteiger partial charge in [0.1, 0.15) is 5.69 Å². The smallest absolute Gasteiger partial charge is 0.274 e. The van der Waals surface area contributed by atoms with Gasteiger partial charge in [-0.2, -0.15) is 0 Å². The fraction of sp³-hybridized carbons (Fsp3) is 0.100. The van der Waals surface area contributed by atoms with Gasteiger partial charge < -0.3 is 20.1 Å². The molecular weight excluding hydrogens is 366 g/mol. The summed E-state index contributed by atoms with van der Waals surface area (Å²) in [7, 11) is 3.17. The van der Waals surface area contributed by atoms with Crippen LogP contribution in [0.25, 0.3) is 0 Å². The van der Waals surface area contributed by atoms with Gasteiger partial charge in [-0.3, -0.25) is 4.79 Å². The van der Waals surface area contributed by atoms with Crippen LogP contribution in [0.4, 0.5) is 17.1 Å². The molecule has 2 aromatic carbocycles. The van der Waals surface area contributed by atoms with Crippen molar-refractivity contribution in [1.29, 1.82) is 0 Å². The maximum atomic E-state index is 12.3. The monoisotopic (exact) mass is 383 g/mol. The van der Waals surface area contributed by atoms with Gasteiger partial charge in [-0.1, -0.05) is 11.6 Å². The van der Waals surface area contributed by atoms with Crippen LogP contribution in [-0.4, -0.2) is 25.1 Å². The Morgan fingerprint density at radius 1 is 0.889 bits per heavy atom. The number of amides is 1. The Bertz CT molecular complexity index is 928. The van der Waals surface area contributed by atoms with E-state index in [1.54, 1.807) is 56.8 Å². The number of anilines is 3. The molecule has 0 aliphatic carbocycles. The van der Waals surface area contributed by atoms with Crippen molar-refractivity contribution in [2.75, 3.05) is 24.9 Å². The van der Waals surface area contributed by atoms with Crippen molar-refractivity contribution in [2.24, 2.45) is 0 Å². The van der Waals surface area contributed by atoms with Crippen LogP contribution in [0.2, 0.25) is 5.02 Å². The summed E-state index contributed by atoms with van der Waals surface area (Å²) >= 11 is 5.84. The van der Waals surface area contributed by atoms with Crippen LogP contribution in [-0.2, 0) is 0 Å². The summed E-state index contributed by atoms with van der Waals surface area (Å²) in [5.74, 6) is 0.972. The minimum absolute atomic E-state index is 0.296. The van der Waals surface area contributed by atoms with E-state index in [2.05, 4.69) is 15.6 Å². The van der Waals surface area contributed by atoms with Gasteiger partial charge in [0.15, 0.2) is 11.5 Å². The summed E-state index contributed by atoms with van der Waals surface area (Å²) in [5.41, 5.74) is 2.51. The predicted molar refractivity (Wildman–Crippen MR) is 106 cm³/mol. The minimum Gasteiger partial charge on any atom is -0.493 e. The highest BCUT2D eigenvalue weighted by molar-refractivity contribution is 6.30. The van der Waals surface area contributed by atoms with E-state index < -0.39 is 0 Å². The number of nitrogens with zero attached hydrogens (tertiary/aromatic N) is 1. The van der Waals surface area contributed by atoms with Gasteiger partial charge in [0.2, 0.25) is 0 Å². The molecule has 7 heteroatoms. The highest BCUT2D eigenvalue weighted by Crippen LogP contribution is 2.31. The average molecular weight is 384 g/mol. The van der Waals surface area contributed by atoms with E-state index in [0.29, 0.717) is 27.9 Å². The van der Waals surface area contributed by atoms with E-state index in [0.717, 1.165) is 11.4 Å². The van der Waals surface area contributed by atoms with Crippen LogP contribution < -0.4 is 20.1 Å². The topological polar surface area (TPSA) is 72.5 Å². The molecule has 0 spiro atoms. The zero-order chi connectivity index (χ0) is 19.2. The van der Waals surface area contributed by atoms with Gasteiger partial charge in [0.25, 0.3) is 5.91 Å². The molecule has 3 aromatic rings. The van der Waals surface area contributed by atoms with E-state index in [1.165, 1.54) is 0 Å². The van der Waals surface area contributed by atoms with E-state index >= 15 is 0 Å². The lowest BCUT2D eigenvalue weighted by molar-refractivity contribution is 0.102. The number of nitrogens with one attached hydrogen (secondary N) is 2. The maximum Gasteiger partial charge on any atom is 0.274 e. The Labute approximate surface area is 162 Å². The Kier molecular flexibility index (Phi) is 5.78. The first-order valence-electron chi connectivity index (χ1n) is 8.11. The molecular formula is C20H18ClN3O3. The normalized spacial score (nSPS) is 10.2. The first kappa shape index (κ1) is 18.5. The number of hydrogen-bond acceptors (Lipinski definition) is 5. The van der Waals surface area contributed by atoms with E-state index in [-0.39, 0.29) is 5.91 Å². The lowest BCUT2D eigenvalue weighted by Crippen LogP contribution is -2.13. The van der Waals surface area contributed by atoms with Gasteiger partial charge in [-0.25, -0.2) is 4.98 Å². The minimum atomic E-state index is -0.296. The van der Waals surface area contributed by atoms with Crippen LogP contribution in [0.3, 0.4) is 0 Å². The Morgan fingerprint density at radius 2 is 1.56 bits per heavy atom. The molecule has 0 aliphatic heterocycles. The fourth-order valence-corrected chi connectivity index (χ4v) is 2.54. The number of ether oxygens (including phenoxy) is 2. The zero-order valence-electron chi connectivity index (χ0n) is 14.8. The lowest BCUT2D eigenvalue weighted by atomic mass is 10.2. The molecule has 0 bridgehead atoms. The van der Waals surface area contributed by atoms with Gasteiger partial charge in [-0.15, -0.1) is 0 Å². The van der Waals surface area contributed by atoms with Crippen molar-refractivity contribution in [3.05, 3.63) is 71.5 Å². The Balaban J connectivity index is 1.68. The molecule has 0 aliphatic rings. The molecule has 6 nitrogen and oxygen atoms in total. The van der Waals surface area contributed by atoms with Crippen molar-refractivity contribution in [3.8, 4) is 11.5 Å². The Hall–Kier alpha value is -3.25. The number of carbonyl (C=O) groups excluding carboxylic acids is 1. The number of halogens is 1. The summed E-state index contributed by atoms with van der Waals surface area (Å²) in [6.45, 7) is 0. The van der Waals surface area contributed by atoms with E-state index in [9.17, 15) is 4.79 Å². The van der Waals surface area contributed by atoms with Crippen LogP contribution >= 0.6 is 11.6 Å². The quantitative estimate of drug-likeness (QED) is 0.642. The van der Waals surface area contributed by atoms with Crippen molar-refractivity contribution in [3.63, 3.8) is 0 Å². The first-order chi connectivity index (χ1) is 13.1. The summed E-state index contributed by atoms with van der Waals surface area (Å²) in [4.78, 5) is 16.5. The number of pyridine rings is 1. The standard InChI is InChI=1S/C20H18ClN3O3/c1-26-18-10-8-15(11-19(18)27-2)23-16-7-9-17(22-12-16)20(25)24-14-5-3-13(21)4-6-14/h3-12,23H,1-2H3,(H,24,25). The molecule has 1 heterocycles. The molecule has 138 valence electrons. The Morgan fingerprint density at radius 3 is 2.19 bits per heavy atom. The molecule has 0 saturated carbocycles. The number of aromatic nitrogens is 1. The lowest BCUT2D eigenvalue weighted by Gasteiger charge is -2.11. The summed E-state index contributed by atoms with van der Waals surface area (Å²) < 4.78 is 10.5. The fourth-order valence-electron chi connectivity index (χ4n) is 2.41. The highest BCUT2D eigenvalue weighted by Gasteiger charge is 2.09. The number of hydrogen-bond donors (Lipinski definition) is 2. The summed E-state index contributed by atoms with van der Waals surface area (Å²) in [6.07, 6.45) is 1.59. The maximum absolute atomic E-state index is 12.3. The molecule has 1 aromatic heterocycles. The third-order valence-electron chi connectivity index (χ3n) is 3.77. The number of carbonyl (C=O) groups is 1. The third-order valence-corrected chi connectivity index (χ3v) is 4.02. The average Bonchev–Trinajstić information content (AvgIpc) is 2.70. The summed E-state index contributed by atoms with van der Waals surface area (Å²) in [5, 5.41) is 6.59. The molecule has 0 saturated heterocycles. The molecule has 0 atom stereocenters. The van der Waals surface area contributed by atoms with E-state index in [1.807, 2.05) is 18.2 Å². The van der Waals surface area contributed by atoms with Crippen LogP contribution in [0.15, 0.2) is 60.8 Å². The van der Waals surface area contributed by atoms with Crippen LogP contribution in [0.5, 0.6) is 11.5 Å². The number of rotatable bonds is 6. The third kappa shape index (κ3) is 4.68. The molecule has 27 heavy (non-hydrogen) atoms. The van der Waals surface area contributed by atoms with Gasteiger partial charge >= 0.3 is 0 Å². The molecule has 0 fully saturated rings. The van der Waals surface area contributed by atoms with Gasteiger partial charge in [0.05, 0.1) is 26.1 Å². The SMILES string of the molecule is COc1ccc(Nc2ccc(C(=O)Nc3ccc(Cl)cc3)nc2)cc1OC. The van der Waals surface area contributed by atoms with Crippen LogP contribution in [0.1, 0.15) is 10.5 Å². The van der Waals surface area contributed by atoms with Crippen LogP contribution in [0, 0.1) is 0 Å². The second-order valence-electron chi connectivity index (χ2n) is 5.59. The van der Waals surface area contributed by atoms with Crippen molar-refractivity contribution < 1.29 is 14.3 Å². The molecule has 2 N–H and O–H groups in total. The molecule has 0 unspecified atom stereocenters.